The van der Waals surface area contributed by atoms with Crippen LogP contribution in [0.4, 0.5) is 11.6 Å². The van der Waals surface area contributed by atoms with Gasteiger partial charge in [0.1, 0.15) is 0 Å². The first-order chi connectivity index (χ1) is 12.8. The molecule has 2 N–H and O–H groups in total. The number of hydrogen-bond donors (Lipinski definition) is 2. The van der Waals surface area contributed by atoms with E-state index >= 15 is 0 Å². The Morgan fingerprint density at radius 1 is 1.04 bits per heavy atom. The normalized spacial score (nSPS) is 11.0. The molecule has 0 fully saturated rings. The molecule has 0 radical (unpaired) electrons. The predicted octanol–water partition coefficient (Wildman–Crippen LogP) is 3.49. The molecule has 0 atom stereocenters. The first-order valence-corrected chi connectivity index (χ1v) is 9.70. The average Bonchev–Trinajstić information content (AvgIpc) is 2.62. The lowest BCUT2D eigenvalue weighted by Crippen LogP contribution is -2.16. The van der Waals surface area contributed by atoms with Gasteiger partial charge < -0.3 is 5.32 Å². The molecule has 27 heavy (non-hydrogen) atoms. The van der Waals surface area contributed by atoms with E-state index in [0.717, 1.165) is 0 Å². The van der Waals surface area contributed by atoms with Crippen molar-refractivity contribution >= 4 is 39.2 Å². The second kappa shape index (κ2) is 7.73. The molecule has 0 saturated heterocycles. The number of carbonyl (C=O) groups is 1. The van der Waals surface area contributed by atoms with Gasteiger partial charge in [0, 0.05) is 17.6 Å². The molecule has 0 aliphatic rings. The molecule has 138 valence electrons. The Morgan fingerprint density at radius 2 is 1.74 bits per heavy atom. The monoisotopic (exact) mass is 402 g/mol. The number of anilines is 2. The maximum atomic E-state index is 12.4. The van der Waals surface area contributed by atoms with E-state index in [0.29, 0.717) is 22.0 Å². The first-order valence-electron chi connectivity index (χ1n) is 7.83. The van der Waals surface area contributed by atoms with Gasteiger partial charge in [-0.15, -0.1) is 0 Å². The smallest absolute Gasteiger partial charge is 0.264 e. The van der Waals surface area contributed by atoms with Crippen molar-refractivity contribution in [2.45, 2.75) is 11.8 Å². The summed E-state index contributed by atoms with van der Waals surface area (Å²) in [5, 5.41) is 3.00. The number of carbonyl (C=O) groups excluding carboxylic acids is 1. The third-order valence-electron chi connectivity index (χ3n) is 3.56. The minimum Gasteiger partial charge on any atom is -0.322 e. The van der Waals surface area contributed by atoms with Gasteiger partial charge in [0.25, 0.3) is 15.9 Å². The van der Waals surface area contributed by atoms with Crippen molar-refractivity contribution in [1.29, 1.82) is 0 Å². The zero-order valence-electron chi connectivity index (χ0n) is 14.2. The zero-order chi connectivity index (χ0) is 19.4. The van der Waals surface area contributed by atoms with Crippen LogP contribution in [0.2, 0.25) is 5.02 Å². The lowest BCUT2D eigenvalue weighted by molar-refractivity contribution is 0.102. The number of benzene rings is 2. The molecule has 1 heterocycles. The molecule has 3 aromatic rings. The summed E-state index contributed by atoms with van der Waals surface area (Å²) in [7, 11) is -3.84. The van der Waals surface area contributed by atoms with Crippen LogP contribution in [0.25, 0.3) is 0 Å². The van der Waals surface area contributed by atoms with E-state index < -0.39 is 10.0 Å². The number of sulfonamides is 1. The summed E-state index contributed by atoms with van der Waals surface area (Å²) in [5.41, 5.74) is 1.40. The van der Waals surface area contributed by atoms with Crippen LogP contribution in [-0.4, -0.2) is 24.3 Å². The lowest BCUT2D eigenvalue weighted by Gasteiger charge is -2.09. The lowest BCUT2D eigenvalue weighted by atomic mass is 10.2. The molecule has 0 saturated carbocycles. The van der Waals surface area contributed by atoms with Crippen molar-refractivity contribution in [3.63, 3.8) is 0 Å². The molecule has 2 aromatic carbocycles. The summed E-state index contributed by atoms with van der Waals surface area (Å²) >= 11 is 6.00. The van der Waals surface area contributed by atoms with E-state index in [1.54, 1.807) is 37.3 Å². The van der Waals surface area contributed by atoms with E-state index in [1.165, 1.54) is 30.5 Å². The van der Waals surface area contributed by atoms with Crippen molar-refractivity contribution in [3.05, 3.63) is 77.1 Å². The van der Waals surface area contributed by atoms with Crippen molar-refractivity contribution in [2.24, 2.45) is 0 Å². The Bertz CT molecular complexity index is 1090. The van der Waals surface area contributed by atoms with Gasteiger partial charge >= 0.3 is 0 Å². The molecule has 0 aliphatic carbocycles. The Balaban J connectivity index is 1.75. The average molecular weight is 403 g/mol. The van der Waals surface area contributed by atoms with Crippen LogP contribution in [0.1, 0.15) is 16.1 Å². The molecule has 9 heteroatoms. The van der Waals surface area contributed by atoms with Crippen LogP contribution >= 0.6 is 11.6 Å². The molecule has 0 aliphatic heterocycles. The Kier molecular flexibility index (Phi) is 5.38. The van der Waals surface area contributed by atoms with Gasteiger partial charge in [-0.3, -0.25) is 4.79 Å². The number of nitrogens with zero attached hydrogens (tertiary/aromatic N) is 2. The molecular formula is C18H15ClN4O3S. The summed E-state index contributed by atoms with van der Waals surface area (Å²) in [5.74, 6) is -0.395. The number of nitrogens with one attached hydrogen (secondary N) is 2. The van der Waals surface area contributed by atoms with Gasteiger partial charge in [-0.1, -0.05) is 23.7 Å². The van der Waals surface area contributed by atoms with E-state index in [9.17, 15) is 13.2 Å². The van der Waals surface area contributed by atoms with Crippen LogP contribution < -0.4 is 10.0 Å². The van der Waals surface area contributed by atoms with Crippen LogP contribution in [0.15, 0.2) is 65.7 Å². The third kappa shape index (κ3) is 4.60. The summed E-state index contributed by atoms with van der Waals surface area (Å²) < 4.78 is 27.1. The number of aromatic nitrogens is 2. The Morgan fingerprint density at radius 3 is 2.41 bits per heavy atom. The van der Waals surface area contributed by atoms with Crippen LogP contribution in [0.5, 0.6) is 0 Å². The van der Waals surface area contributed by atoms with Gasteiger partial charge in [-0.05, 0) is 49.4 Å². The highest BCUT2D eigenvalue weighted by molar-refractivity contribution is 7.92. The molecule has 0 bridgehead atoms. The number of halogens is 1. The molecule has 0 spiro atoms. The van der Waals surface area contributed by atoms with Crippen molar-refractivity contribution in [2.75, 3.05) is 10.0 Å². The highest BCUT2D eigenvalue weighted by Crippen LogP contribution is 2.19. The van der Waals surface area contributed by atoms with Crippen LogP contribution in [0, 0.1) is 6.92 Å². The van der Waals surface area contributed by atoms with E-state index in [1.807, 2.05) is 0 Å². The van der Waals surface area contributed by atoms with E-state index in [-0.39, 0.29) is 16.8 Å². The Labute approximate surface area is 161 Å². The fourth-order valence-corrected chi connectivity index (χ4v) is 3.41. The number of aryl methyl sites for hydroxylation is 1. The minimum absolute atomic E-state index is 0.00824. The maximum absolute atomic E-state index is 12.4. The topological polar surface area (TPSA) is 101 Å². The highest BCUT2D eigenvalue weighted by atomic mass is 35.5. The van der Waals surface area contributed by atoms with Gasteiger partial charge in [0.05, 0.1) is 15.5 Å². The summed E-state index contributed by atoms with van der Waals surface area (Å²) in [4.78, 5) is 20.2. The predicted molar refractivity (Wildman–Crippen MR) is 103 cm³/mol. The second-order valence-electron chi connectivity index (χ2n) is 5.59. The van der Waals surface area contributed by atoms with Crippen LogP contribution in [0.3, 0.4) is 0 Å². The quantitative estimate of drug-likeness (QED) is 0.680. The molecule has 0 unspecified atom stereocenters. The van der Waals surface area contributed by atoms with E-state index in [2.05, 4.69) is 20.0 Å². The van der Waals surface area contributed by atoms with Gasteiger partial charge in [0.2, 0.25) is 5.95 Å². The highest BCUT2D eigenvalue weighted by Gasteiger charge is 2.16. The number of amides is 1. The zero-order valence-corrected chi connectivity index (χ0v) is 15.8. The van der Waals surface area contributed by atoms with Gasteiger partial charge in [-0.25, -0.2) is 23.1 Å². The third-order valence-corrected chi connectivity index (χ3v) is 5.24. The second-order valence-corrected chi connectivity index (χ2v) is 7.68. The molecular weight excluding hydrogens is 388 g/mol. The van der Waals surface area contributed by atoms with Crippen LogP contribution in [-0.2, 0) is 10.0 Å². The van der Waals surface area contributed by atoms with Gasteiger partial charge in [0.15, 0.2) is 0 Å². The number of rotatable bonds is 5. The van der Waals surface area contributed by atoms with Crippen molar-refractivity contribution in [1.82, 2.24) is 9.97 Å². The Hall–Kier alpha value is -2.97. The van der Waals surface area contributed by atoms with Gasteiger partial charge in [-0.2, -0.15) is 0 Å². The molecule has 1 amide bonds. The summed E-state index contributed by atoms with van der Waals surface area (Å²) in [6.45, 7) is 1.73. The molecule has 1 aromatic heterocycles. The fraction of sp³-hybridized carbons (Fsp3) is 0.0556. The SMILES string of the molecule is Cc1ccnc(NS(=O)(=O)c2ccc(NC(=O)c3ccccc3Cl)cc2)n1. The standard InChI is InChI=1S/C18H15ClN4O3S/c1-12-10-11-20-18(21-12)23-27(25,26)14-8-6-13(7-9-14)22-17(24)15-4-2-3-5-16(15)19/h2-11H,1H3,(H,22,24)(H,20,21,23). The fourth-order valence-electron chi connectivity index (χ4n) is 2.24. The summed E-state index contributed by atoms with van der Waals surface area (Å²) in [6.07, 6.45) is 1.47. The largest absolute Gasteiger partial charge is 0.322 e. The summed E-state index contributed by atoms with van der Waals surface area (Å²) in [6, 6.07) is 14.0. The minimum atomic E-state index is -3.84. The maximum Gasteiger partial charge on any atom is 0.264 e. The van der Waals surface area contributed by atoms with E-state index in [4.69, 9.17) is 11.6 Å². The van der Waals surface area contributed by atoms with Crippen molar-refractivity contribution < 1.29 is 13.2 Å². The first kappa shape index (κ1) is 18.8. The molecule has 3 rings (SSSR count). The van der Waals surface area contributed by atoms with Crippen molar-refractivity contribution in [3.8, 4) is 0 Å². The number of hydrogen-bond acceptors (Lipinski definition) is 5. The molecule has 7 nitrogen and oxygen atoms in total.